The van der Waals surface area contributed by atoms with Gasteiger partial charge in [0, 0.05) is 25.0 Å². The second-order valence-corrected chi connectivity index (χ2v) is 6.04. The molecule has 5 nitrogen and oxygen atoms in total. The Hall–Kier alpha value is -1.93. The van der Waals surface area contributed by atoms with Crippen LogP contribution >= 0.6 is 0 Å². The summed E-state index contributed by atoms with van der Waals surface area (Å²) < 4.78 is 55.0. The molecule has 3 N–H and O–H groups in total. The van der Waals surface area contributed by atoms with Crippen molar-refractivity contribution in [1.82, 2.24) is 4.57 Å². The summed E-state index contributed by atoms with van der Waals surface area (Å²) in [4.78, 5) is -0.0903. The molecule has 0 saturated heterocycles. The number of nitrogens with zero attached hydrogens (tertiary/aromatic N) is 1. The zero-order chi connectivity index (χ0) is 15.6. The fraction of sp³-hybridized carbons (Fsp3) is 0.231. The van der Waals surface area contributed by atoms with E-state index in [2.05, 4.69) is 0 Å². The molecule has 0 fully saturated rings. The van der Waals surface area contributed by atoms with Crippen molar-refractivity contribution in [2.24, 2.45) is 5.73 Å². The third-order valence-electron chi connectivity index (χ3n) is 3.02. The fourth-order valence-electron chi connectivity index (χ4n) is 1.93. The topological polar surface area (TPSA) is 77.1 Å². The molecular formula is C13H15F2N3O2S. The van der Waals surface area contributed by atoms with Crippen molar-refractivity contribution in [3.8, 4) is 0 Å². The molecule has 1 heterocycles. The minimum absolute atomic E-state index is 0.0903. The summed E-state index contributed by atoms with van der Waals surface area (Å²) in [6.07, 6.45) is 1.38. The summed E-state index contributed by atoms with van der Waals surface area (Å²) in [5, 5.41) is 0. The van der Waals surface area contributed by atoms with Crippen LogP contribution in [0.5, 0.6) is 0 Å². The molecule has 1 aromatic carbocycles. The SMILES string of the molecule is CCn1cc(S(=O)(=O)Nc2c(F)cccc2F)cc1CN. The van der Waals surface area contributed by atoms with E-state index in [-0.39, 0.29) is 11.4 Å². The first-order valence-corrected chi connectivity index (χ1v) is 7.73. The number of rotatable bonds is 5. The second-order valence-electron chi connectivity index (χ2n) is 4.36. The number of anilines is 1. The van der Waals surface area contributed by atoms with Crippen LogP contribution in [0, 0.1) is 11.6 Å². The van der Waals surface area contributed by atoms with Crippen molar-refractivity contribution >= 4 is 15.7 Å². The smallest absolute Gasteiger partial charge is 0.263 e. The molecular weight excluding hydrogens is 300 g/mol. The highest BCUT2D eigenvalue weighted by molar-refractivity contribution is 7.92. The number of nitrogens with one attached hydrogen (secondary N) is 1. The highest BCUT2D eigenvalue weighted by Crippen LogP contribution is 2.23. The van der Waals surface area contributed by atoms with E-state index in [1.807, 2.05) is 11.6 Å². The quantitative estimate of drug-likeness (QED) is 0.886. The van der Waals surface area contributed by atoms with E-state index >= 15 is 0 Å². The van der Waals surface area contributed by atoms with Crippen molar-refractivity contribution in [2.75, 3.05) is 4.72 Å². The van der Waals surface area contributed by atoms with Gasteiger partial charge >= 0.3 is 0 Å². The van der Waals surface area contributed by atoms with Crippen molar-refractivity contribution in [3.63, 3.8) is 0 Å². The van der Waals surface area contributed by atoms with E-state index in [1.165, 1.54) is 12.3 Å². The fourth-order valence-corrected chi connectivity index (χ4v) is 3.07. The van der Waals surface area contributed by atoms with Crippen LogP contribution in [-0.4, -0.2) is 13.0 Å². The average molecular weight is 315 g/mol. The van der Waals surface area contributed by atoms with Gasteiger partial charge in [0.25, 0.3) is 10.0 Å². The number of benzene rings is 1. The Morgan fingerprint density at radius 2 is 1.90 bits per heavy atom. The molecule has 0 amide bonds. The molecule has 0 saturated carbocycles. The van der Waals surface area contributed by atoms with E-state index < -0.39 is 27.3 Å². The Morgan fingerprint density at radius 3 is 2.38 bits per heavy atom. The molecule has 2 rings (SSSR count). The number of aryl methyl sites for hydroxylation is 1. The van der Waals surface area contributed by atoms with Gasteiger partial charge < -0.3 is 10.3 Å². The van der Waals surface area contributed by atoms with Crippen LogP contribution in [0.25, 0.3) is 0 Å². The minimum atomic E-state index is -4.09. The van der Waals surface area contributed by atoms with Crippen molar-refractivity contribution in [1.29, 1.82) is 0 Å². The Bertz CT molecular complexity index is 715. The largest absolute Gasteiger partial charge is 0.349 e. The molecule has 2 aromatic rings. The number of hydrogen-bond acceptors (Lipinski definition) is 3. The summed E-state index contributed by atoms with van der Waals surface area (Å²) in [5.41, 5.74) is 5.45. The molecule has 114 valence electrons. The van der Waals surface area contributed by atoms with Gasteiger partial charge in [-0.05, 0) is 25.1 Å². The lowest BCUT2D eigenvalue weighted by atomic mass is 10.3. The Labute approximate surface area is 121 Å². The molecule has 0 atom stereocenters. The van der Waals surface area contributed by atoms with Crippen LogP contribution in [0.15, 0.2) is 35.4 Å². The lowest BCUT2D eigenvalue weighted by Gasteiger charge is -2.08. The summed E-state index contributed by atoms with van der Waals surface area (Å²) in [6, 6.07) is 4.49. The molecule has 0 aliphatic heterocycles. The van der Waals surface area contributed by atoms with Gasteiger partial charge in [-0.25, -0.2) is 17.2 Å². The van der Waals surface area contributed by atoms with Crippen LogP contribution in [-0.2, 0) is 23.1 Å². The number of para-hydroxylation sites is 1. The molecule has 1 aromatic heterocycles. The van der Waals surface area contributed by atoms with Crippen molar-refractivity contribution in [2.45, 2.75) is 24.9 Å². The van der Waals surface area contributed by atoms with Crippen LogP contribution in [0.3, 0.4) is 0 Å². The van der Waals surface area contributed by atoms with Gasteiger partial charge in [-0.1, -0.05) is 6.07 Å². The van der Waals surface area contributed by atoms with Gasteiger partial charge in [0.05, 0.1) is 0 Å². The van der Waals surface area contributed by atoms with Crippen LogP contribution in [0.2, 0.25) is 0 Å². The predicted octanol–water partition coefficient (Wildman–Crippen LogP) is 2.05. The first-order chi connectivity index (χ1) is 9.89. The second kappa shape index (κ2) is 5.82. The predicted molar refractivity (Wildman–Crippen MR) is 75.2 cm³/mol. The highest BCUT2D eigenvalue weighted by atomic mass is 32.2. The molecule has 0 unspecified atom stereocenters. The molecule has 0 aliphatic carbocycles. The number of halogens is 2. The van der Waals surface area contributed by atoms with Gasteiger partial charge in [-0.15, -0.1) is 0 Å². The van der Waals surface area contributed by atoms with Crippen LogP contribution < -0.4 is 10.5 Å². The minimum Gasteiger partial charge on any atom is -0.349 e. The van der Waals surface area contributed by atoms with E-state index in [1.54, 1.807) is 4.57 Å². The third kappa shape index (κ3) is 3.06. The maximum absolute atomic E-state index is 13.5. The molecule has 0 spiro atoms. The Morgan fingerprint density at radius 1 is 1.29 bits per heavy atom. The van der Waals surface area contributed by atoms with Crippen molar-refractivity contribution in [3.05, 3.63) is 47.8 Å². The number of aromatic nitrogens is 1. The summed E-state index contributed by atoms with van der Waals surface area (Å²) in [6.45, 7) is 2.53. The van der Waals surface area contributed by atoms with E-state index in [9.17, 15) is 17.2 Å². The number of sulfonamides is 1. The highest BCUT2D eigenvalue weighted by Gasteiger charge is 2.21. The van der Waals surface area contributed by atoms with Gasteiger partial charge in [-0.3, -0.25) is 4.72 Å². The summed E-state index contributed by atoms with van der Waals surface area (Å²) in [7, 11) is -4.09. The zero-order valence-electron chi connectivity index (χ0n) is 11.3. The summed E-state index contributed by atoms with van der Waals surface area (Å²) in [5.74, 6) is -1.96. The monoisotopic (exact) mass is 315 g/mol. The zero-order valence-corrected chi connectivity index (χ0v) is 12.1. The Balaban J connectivity index is 2.41. The normalized spacial score (nSPS) is 11.6. The third-order valence-corrected chi connectivity index (χ3v) is 4.34. The van der Waals surface area contributed by atoms with Gasteiger partial charge in [0.1, 0.15) is 22.2 Å². The van der Waals surface area contributed by atoms with E-state index in [4.69, 9.17) is 5.73 Å². The molecule has 0 radical (unpaired) electrons. The average Bonchev–Trinajstić information content (AvgIpc) is 2.87. The molecule has 21 heavy (non-hydrogen) atoms. The van der Waals surface area contributed by atoms with Gasteiger partial charge in [0.15, 0.2) is 0 Å². The van der Waals surface area contributed by atoms with E-state index in [0.29, 0.717) is 12.2 Å². The van der Waals surface area contributed by atoms with Crippen LogP contribution in [0.1, 0.15) is 12.6 Å². The number of hydrogen-bond donors (Lipinski definition) is 2. The first kappa shape index (κ1) is 15.5. The maximum atomic E-state index is 13.5. The summed E-state index contributed by atoms with van der Waals surface area (Å²) >= 11 is 0. The lowest BCUT2D eigenvalue weighted by Crippen LogP contribution is -2.14. The number of nitrogens with two attached hydrogens (primary N) is 1. The molecule has 0 aliphatic rings. The van der Waals surface area contributed by atoms with Crippen LogP contribution in [0.4, 0.5) is 14.5 Å². The van der Waals surface area contributed by atoms with Crippen molar-refractivity contribution < 1.29 is 17.2 Å². The first-order valence-electron chi connectivity index (χ1n) is 6.25. The molecule has 0 bridgehead atoms. The van der Waals surface area contributed by atoms with Gasteiger partial charge in [-0.2, -0.15) is 0 Å². The maximum Gasteiger partial charge on any atom is 0.263 e. The van der Waals surface area contributed by atoms with E-state index in [0.717, 1.165) is 18.2 Å². The molecule has 8 heteroatoms. The lowest BCUT2D eigenvalue weighted by molar-refractivity contribution is 0.582. The Kier molecular flexibility index (Phi) is 4.29. The van der Waals surface area contributed by atoms with Gasteiger partial charge in [0.2, 0.25) is 0 Å². The standard InChI is InChI=1S/C13H15F2N3O2S/c1-2-18-8-10(6-9(18)7-16)21(19,20)17-13-11(14)4-3-5-12(13)15/h3-6,8,17H,2,7,16H2,1H3.